The molecule has 0 saturated carbocycles. The molecule has 0 unspecified atom stereocenters. The molecular weight excluding hydrogens is 210 g/mol. The van der Waals surface area contributed by atoms with Gasteiger partial charge in [-0.05, 0) is 18.2 Å². The molecular formula is C11H9NO4. The van der Waals surface area contributed by atoms with Crippen molar-refractivity contribution in [1.82, 2.24) is 4.57 Å². The molecule has 0 radical (unpaired) electrons. The Bertz CT molecular complexity index is 581. The fraction of sp³-hybridized carbons (Fsp3) is 0.0909. The molecule has 2 aromatic rings. The van der Waals surface area contributed by atoms with Gasteiger partial charge < -0.3 is 14.1 Å². The van der Waals surface area contributed by atoms with E-state index in [1.807, 2.05) is 0 Å². The molecule has 0 saturated heterocycles. The van der Waals surface area contributed by atoms with Crippen molar-refractivity contribution in [2.75, 3.05) is 0 Å². The van der Waals surface area contributed by atoms with Crippen molar-refractivity contribution in [2.24, 2.45) is 7.05 Å². The molecule has 0 aliphatic carbocycles. The minimum absolute atomic E-state index is 0.0468. The lowest BCUT2D eigenvalue weighted by Crippen LogP contribution is -2.19. The van der Waals surface area contributed by atoms with Crippen LogP contribution >= 0.6 is 0 Å². The van der Waals surface area contributed by atoms with E-state index in [2.05, 4.69) is 0 Å². The van der Waals surface area contributed by atoms with Crippen LogP contribution in [0.5, 0.6) is 0 Å². The Morgan fingerprint density at radius 1 is 1.44 bits per heavy atom. The molecule has 0 aromatic carbocycles. The number of hydrogen-bond acceptors (Lipinski definition) is 3. The van der Waals surface area contributed by atoms with E-state index in [1.54, 1.807) is 19.2 Å². The number of carboxylic acid groups (broad SMARTS) is 1. The standard InChI is InChI=1S/C11H9NO4/c1-12-8(9-3-2-4-16-9)5-7(11(14)15)6-10(12)13/h2-6H,1H3,(H,14,15). The summed E-state index contributed by atoms with van der Waals surface area (Å²) in [7, 11) is 1.56. The monoisotopic (exact) mass is 219 g/mol. The summed E-state index contributed by atoms with van der Waals surface area (Å²) in [5.41, 5.74) is 0.00991. The number of aromatic nitrogens is 1. The maximum atomic E-state index is 11.5. The maximum Gasteiger partial charge on any atom is 0.335 e. The van der Waals surface area contributed by atoms with Crippen molar-refractivity contribution >= 4 is 5.97 Å². The molecule has 0 amide bonds. The van der Waals surface area contributed by atoms with Crippen LogP contribution in [-0.2, 0) is 7.05 Å². The van der Waals surface area contributed by atoms with Crippen LogP contribution < -0.4 is 5.56 Å². The molecule has 82 valence electrons. The van der Waals surface area contributed by atoms with Crippen LogP contribution in [0.15, 0.2) is 39.7 Å². The summed E-state index contributed by atoms with van der Waals surface area (Å²) in [6, 6.07) is 5.82. The normalized spacial score (nSPS) is 10.3. The molecule has 0 spiro atoms. The van der Waals surface area contributed by atoms with Crippen molar-refractivity contribution in [1.29, 1.82) is 0 Å². The first-order chi connectivity index (χ1) is 7.59. The van der Waals surface area contributed by atoms with E-state index >= 15 is 0 Å². The van der Waals surface area contributed by atoms with Crippen LogP contribution in [0, 0.1) is 0 Å². The third-order valence-corrected chi connectivity index (χ3v) is 2.28. The average molecular weight is 219 g/mol. The second-order valence-corrected chi connectivity index (χ2v) is 3.31. The van der Waals surface area contributed by atoms with Gasteiger partial charge in [-0.1, -0.05) is 0 Å². The third kappa shape index (κ3) is 1.63. The Morgan fingerprint density at radius 2 is 2.19 bits per heavy atom. The first-order valence-electron chi connectivity index (χ1n) is 4.58. The molecule has 1 N–H and O–H groups in total. The van der Waals surface area contributed by atoms with E-state index < -0.39 is 5.97 Å². The average Bonchev–Trinajstić information content (AvgIpc) is 2.74. The van der Waals surface area contributed by atoms with Crippen LogP contribution in [0.2, 0.25) is 0 Å². The van der Waals surface area contributed by atoms with E-state index in [-0.39, 0.29) is 11.1 Å². The van der Waals surface area contributed by atoms with Gasteiger partial charge in [0, 0.05) is 13.1 Å². The second-order valence-electron chi connectivity index (χ2n) is 3.31. The van der Waals surface area contributed by atoms with Gasteiger partial charge in [0.15, 0.2) is 0 Å². The van der Waals surface area contributed by atoms with Crippen LogP contribution in [0.4, 0.5) is 0 Å². The zero-order valence-corrected chi connectivity index (χ0v) is 8.51. The largest absolute Gasteiger partial charge is 0.478 e. The molecule has 0 bridgehead atoms. The number of carboxylic acids is 1. The predicted octanol–water partition coefficient (Wildman–Crippen LogP) is 1.34. The molecule has 5 heteroatoms. The Balaban J connectivity index is 2.70. The highest BCUT2D eigenvalue weighted by Gasteiger charge is 2.11. The molecule has 0 fully saturated rings. The summed E-state index contributed by atoms with van der Waals surface area (Å²) in [5, 5.41) is 8.84. The highest BCUT2D eigenvalue weighted by molar-refractivity contribution is 5.88. The van der Waals surface area contributed by atoms with E-state index in [1.165, 1.54) is 16.9 Å². The van der Waals surface area contributed by atoms with Crippen molar-refractivity contribution in [3.8, 4) is 11.5 Å². The number of furan rings is 1. The van der Waals surface area contributed by atoms with E-state index in [4.69, 9.17) is 9.52 Å². The van der Waals surface area contributed by atoms with Gasteiger partial charge in [-0.3, -0.25) is 4.79 Å². The van der Waals surface area contributed by atoms with E-state index in [9.17, 15) is 9.59 Å². The van der Waals surface area contributed by atoms with Crippen LogP contribution in [0.25, 0.3) is 11.5 Å². The zero-order chi connectivity index (χ0) is 11.7. The Kier molecular flexibility index (Phi) is 2.36. The molecule has 2 rings (SSSR count). The zero-order valence-electron chi connectivity index (χ0n) is 8.51. The van der Waals surface area contributed by atoms with Crippen LogP contribution in [-0.4, -0.2) is 15.6 Å². The fourth-order valence-corrected chi connectivity index (χ4v) is 1.42. The number of rotatable bonds is 2. The van der Waals surface area contributed by atoms with Gasteiger partial charge in [-0.15, -0.1) is 0 Å². The van der Waals surface area contributed by atoms with Crippen molar-refractivity contribution < 1.29 is 14.3 Å². The molecule has 16 heavy (non-hydrogen) atoms. The highest BCUT2D eigenvalue weighted by atomic mass is 16.4. The number of pyridine rings is 1. The predicted molar refractivity (Wildman–Crippen MR) is 56.3 cm³/mol. The molecule has 2 heterocycles. The Labute approximate surface area is 90.6 Å². The molecule has 5 nitrogen and oxygen atoms in total. The van der Waals surface area contributed by atoms with Gasteiger partial charge in [-0.25, -0.2) is 4.79 Å². The summed E-state index contributed by atoms with van der Waals surface area (Å²) in [4.78, 5) is 22.3. The minimum Gasteiger partial charge on any atom is -0.478 e. The highest BCUT2D eigenvalue weighted by Crippen LogP contribution is 2.18. The molecule has 0 aliphatic rings. The smallest absolute Gasteiger partial charge is 0.335 e. The molecule has 0 atom stereocenters. The van der Waals surface area contributed by atoms with Gasteiger partial charge in [0.1, 0.15) is 5.76 Å². The maximum absolute atomic E-state index is 11.5. The van der Waals surface area contributed by atoms with Crippen LogP contribution in [0.3, 0.4) is 0 Å². The second kappa shape index (κ2) is 3.69. The van der Waals surface area contributed by atoms with E-state index in [0.717, 1.165) is 6.07 Å². The summed E-state index contributed by atoms with van der Waals surface area (Å²) in [6.07, 6.45) is 1.47. The first kappa shape index (κ1) is 10.2. The van der Waals surface area contributed by atoms with Crippen molar-refractivity contribution in [3.63, 3.8) is 0 Å². The lowest BCUT2D eigenvalue weighted by Gasteiger charge is -2.05. The quantitative estimate of drug-likeness (QED) is 0.827. The van der Waals surface area contributed by atoms with Gasteiger partial charge >= 0.3 is 5.97 Å². The lowest BCUT2D eigenvalue weighted by atomic mass is 10.2. The lowest BCUT2D eigenvalue weighted by molar-refractivity contribution is 0.0696. The van der Waals surface area contributed by atoms with Gasteiger partial charge in [0.2, 0.25) is 0 Å². The first-order valence-corrected chi connectivity index (χ1v) is 4.58. The fourth-order valence-electron chi connectivity index (χ4n) is 1.42. The number of carbonyl (C=O) groups is 1. The number of aromatic carboxylic acids is 1. The van der Waals surface area contributed by atoms with Crippen LogP contribution in [0.1, 0.15) is 10.4 Å². The summed E-state index contributed by atoms with van der Waals surface area (Å²) < 4.78 is 6.48. The van der Waals surface area contributed by atoms with Gasteiger partial charge in [0.25, 0.3) is 5.56 Å². The topological polar surface area (TPSA) is 72.4 Å². The SMILES string of the molecule is Cn1c(-c2ccco2)cc(C(=O)O)cc1=O. The van der Waals surface area contributed by atoms with Crippen molar-refractivity contribution in [3.05, 3.63) is 46.4 Å². The summed E-state index contributed by atoms with van der Waals surface area (Å²) in [6.45, 7) is 0. The van der Waals surface area contributed by atoms with E-state index in [0.29, 0.717) is 11.5 Å². The molecule has 0 aliphatic heterocycles. The molecule has 2 aromatic heterocycles. The Hall–Kier alpha value is -2.30. The number of nitrogens with zero attached hydrogens (tertiary/aromatic N) is 1. The number of hydrogen-bond donors (Lipinski definition) is 1. The Morgan fingerprint density at radius 3 is 2.75 bits per heavy atom. The third-order valence-electron chi connectivity index (χ3n) is 2.28. The van der Waals surface area contributed by atoms with Gasteiger partial charge in [-0.2, -0.15) is 0 Å². The van der Waals surface area contributed by atoms with Crippen molar-refractivity contribution in [2.45, 2.75) is 0 Å². The summed E-state index contributed by atoms with van der Waals surface area (Å²) in [5.74, 6) is -0.673. The van der Waals surface area contributed by atoms with Gasteiger partial charge in [0.05, 0.1) is 17.5 Å². The minimum atomic E-state index is -1.13. The summed E-state index contributed by atoms with van der Waals surface area (Å²) >= 11 is 0.